The van der Waals surface area contributed by atoms with E-state index in [4.69, 9.17) is 4.98 Å². The number of halogens is 3. The summed E-state index contributed by atoms with van der Waals surface area (Å²) in [6.07, 6.45) is -2.89. The van der Waals surface area contributed by atoms with E-state index in [2.05, 4.69) is 24.3 Å². The topological polar surface area (TPSA) is 118 Å². The van der Waals surface area contributed by atoms with E-state index in [1.807, 2.05) is 100 Å². The third-order valence-corrected chi connectivity index (χ3v) is 11.6. The number of para-hydroxylation sites is 2. The molecule has 0 spiro atoms. The second-order valence-electron chi connectivity index (χ2n) is 15.3. The molecule has 0 N–H and O–H groups in total. The number of alkyl halides is 3. The van der Waals surface area contributed by atoms with Crippen molar-refractivity contribution in [1.29, 1.82) is 21.0 Å². The molecule has 10 aromatic rings. The third-order valence-electron chi connectivity index (χ3n) is 11.6. The summed E-state index contributed by atoms with van der Waals surface area (Å²) in [7, 11) is 0. The van der Waals surface area contributed by atoms with E-state index >= 15 is 0 Å². The molecule has 296 valence electrons. The second kappa shape index (κ2) is 14.6. The minimum absolute atomic E-state index is 0.354. The number of aryl methyl sites for hydroxylation is 1. The molecule has 0 radical (unpaired) electrons. The zero-order valence-electron chi connectivity index (χ0n) is 33.2. The minimum atomic E-state index is -4.60. The number of rotatable bonds is 5. The molecule has 0 fully saturated rings. The van der Waals surface area contributed by atoms with Crippen molar-refractivity contribution in [1.82, 2.24) is 14.1 Å². The normalized spacial score (nSPS) is 11.4. The molecule has 3 aromatic heterocycles. The largest absolute Gasteiger partial charge is 0.416 e. The Hall–Kier alpha value is -8.96. The van der Waals surface area contributed by atoms with Crippen LogP contribution in [0.2, 0.25) is 0 Å². The SMILES string of the molecule is Cc1cc(-c2cc(-n3c4ccccc4c4cc(-c5ccc(C#N)cc5C#N)ccc43)ncc2-n2c3ccccc3c3cc(-c4ccc(C#N)cc4C#N)ccc32)cc(C(F)(F)F)c1. The highest BCUT2D eigenvalue weighted by Gasteiger charge is 2.31. The highest BCUT2D eigenvalue weighted by molar-refractivity contribution is 6.12. The summed E-state index contributed by atoms with van der Waals surface area (Å²) < 4.78 is 47.6. The number of pyridine rings is 1. The van der Waals surface area contributed by atoms with Crippen molar-refractivity contribution in [2.45, 2.75) is 13.1 Å². The lowest BCUT2D eigenvalue weighted by Gasteiger charge is -2.18. The van der Waals surface area contributed by atoms with Crippen molar-refractivity contribution < 1.29 is 13.2 Å². The number of hydrogen-bond acceptors (Lipinski definition) is 5. The maximum absolute atomic E-state index is 14.5. The van der Waals surface area contributed by atoms with Crippen LogP contribution in [0.25, 0.3) is 88.5 Å². The van der Waals surface area contributed by atoms with Crippen LogP contribution in [0.1, 0.15) is 33.4 Å². The molecular formula is C53H28F3N7. The summed E-state index contributed by atoms with van der Waals surface area (Å²) >= 11 is 0. The maximum Gasteiger partial charge on any atom is 0.416 e. The summed E-state index contributed by atoms with van der Waals surface area (Å²) in [5.74, 6) is 0.478. The van der Waals surface area contributed by atoms with E-state index in [0.717, 1.165) is 60.8 Å². The Morgan fingerprint density at radius 2 is 1.00 bits per heavy atom. The summed E-state index contributed by atoms with van der Waals surface area (Å²) in [5, 5.41) is 42.4. The number of nitrogens with zero attached hydrogens (tertiary/aromatic N) is 7. The van der Waals surface area contributed by atoms with Crippen molar-refractivity contribution in [2.75, 3.05) is 0 Å². The van der Waals surface area contributed by atoms with Gasteiger partial charge in [0.1, 0.15) is 5.82 Å². The number of benzene rings is 7. The Labute approximate surface area is 358 Å². The first kappa shape index (κ1) is 38.3. The van der Waals surface area contributed by atoms with Crippen LogP contribution in [0.5, 0.6) is 0 Å². The third kappa shape index (κ3) is 6.30. The summed E-state index contributed by atoms with van der Waals surface area (Å²) in [6.45, 7) is 1.65. The van der Waals surface area contributed by atoms with Gasteiger partial charge < -0.3 is 4.57 Å². The van der Waals surface area contributed by atoms with Crippen LogP contribution < -0.4 is 0 Å². The lowest BCUT2D eigenvalue weighted by molar-refractivity contribution is -0.137. The Kier molecular flexibility index (Phi) is 8.89. The molecule has 0 aliphatic rings. The van der Waals surface area contributed by atoms with Crippen LogP contribution in [0.3, 0.4) is 0 Å². The molecule has 0 bridgehead atoms. The summed E-state index contributed by atoms with van der Waals surface area (Å²) in [4.78, 5) is 5.09. The van der Waals surface area contributed by atoms with E-state index in [-0.39, 0.29) is 0 Å². The molecule has 0 saturated heterocycles. The van der Waals surface area contributed by atoms with Gasteiger partial charge in [0.05, 0.1) is 86.0 Å². The standard InChI is InChI=1S/C53H28F3N7/c1-31-18-36(22-39(19-31)53(54,55)56)44-25-52(63-48-9-5-3-7-43(48)46-24-35(13-17-50(46)63)41-15-11-33(27-58)21-38(41)29-60)61-30-51(44)62-47-8-4-2-6-42(47)45-23-34(12-16-49(45)62)40-14-10-32(26-57)20-37(40)28-59/h2-25,30H,1H3. The predicted molar refractivity (Wildman–Crippen MR) is 238 cm³/mol. The molecule has 0 unspecified atom stereocenters. The molecule has 0 aliphatic carbocycles. The van der Waals surface area contributed by atoms with Crippen molar-refractivity contribution in [2.24, 2.45) is 0 Å². The molecule has 0 atom stereocenters. The molecule has 10 rings (SSSR count). The Balaban J connectivity index is 1.23. The van der Waals surface area contributed by atoms with Crippen molar-refractivity contribution in [3.05, 3.63) is 185 Å². The van der Waals surface area contributed by atoms with Crippen LogP contribution in [0.15, 0.2) is 152 Å². The molecule has 7 nitrogen and oxygen atoms in total. The highest BCUT2D eigenvalue weighted by Crippen LogP contribution is 2.42. The van der Waals surface area contributed by atoms with Gasteiger partial charge >= 0.3 is 6.18 Å². The first-order chi connectivity index (χ1) is 30.6. The highest BCUT2D eigenvalue weighted by atomic mass is 19.4. The van der Waals surface area contributed by atoms with E-state index in [9.17, 15) is 34.2 Å². The minimum Gasteiger partial charge on any atom is -0.307 e. The summed E-state index contributed by atoms with van der Waals surface area (Å²) in [6, 6.07) is 51.9. The van der Waals surface area contributed by atoms with Gasteiger partial charge in [-0.3, -0.25) is 4.57 Å². The average molecular weight is 820 g/mol. The number of hydrogen-bond donors (Lipinski definition) is 0. The lowest BCUT2D eigenvalue weighted by Crippen LogP contribution is -2.07. The zero-order valence-corrected chi connectivity index (χ0v) is 33.2. The maximum atomic E-state index is 14.5. The van der Waals surface area contributed by atoms with Crippen LogP contribution in [-0.2, 0) is 6.18 Å². The molecule has 0 aliphatic heterocycles. The molecule has 7 aromatic carbocycles. The van der Waals surface area contributed by atoms with Crippen LogP contribution in [0.4, 0.5) is 13.2 Å². The predicted octanol–water partition coefficient (Wildman–Crippen LogP) is 13.1. The zero-order chi connectivity index (χ0) is 43.6. The first-order valence-electron chi connectivity index (χ1n) is 19.7. The van der Waals surface area contributed by atoms with Gasteiger partial charge in [-0.15, -0.1) is 0 Å². The fraction of sp³-hybridized carbons (Fsp3) is 0.0377. The number of aromatic nitrogens is 3. The molecule has 0 saturated carbocycles. The molecule has 10 heteroatoms. The van der Waals surface area contributed by atoms with E-state index in [1.165, 1.54) is 6.07 Å². The van der Waals surface area contributed by atoms with Gasteiger partial charge in [-0.25, -0.2) is 4.98 Å². The smallest absolute Gasteiger partial charge is 0.307 e. The molecular weight excluding hydrogens is 792 g/mol. The second-order valence-corrected chi connectivity index (χ2v) is 15.3. The van der Waals surface area contributed by atoms with Crippen molar-refractivity contribution in [3.8, 4) is 69.2 Å². The van der Waals surface area contributed by atoms with Gasteiger partial charge in [-0.05, 0) is 119 Å². The van der Waals surface area contributed by atoms with Crippen LogP contribution in [-0.4, -0.2) is 14.1 Å². The monoisotopic (exact) mass is 819 g/mol. The average Bonchev–Trinajstić information content (AvgIpc) is 3.82. The molecule has 63 heavy (non-hydrogen) atoms. The Morgan fingerprint density at radius 1 is 0.476 bits per heavy atom. The fourth-order valence-corrected chi connectivity index (χ4v) is 8.77. The van der Waals surface area contributed by atoms with E-state index in [1.54, 1.807) is 55.6 Å². The van der Waals surface area contributed by atoms with Gasteiger partial charge in [0.15, 0.2) is 0 Å². The first-order valence-corrected chi connectivity index (χ1v) is 19.7. The van der Waals surface area contributed by atoms with Crippen LogP contribution in [0, 0.1) is 52.2 Å². The van der Waals surface area contributed by atoms with E-state index in [0.29, 0.717) is 61.6 Å². The Morgan fingerprint density at radius 3 is 1.54 bits per heavy atom. The fourth-order valence-electron chi connectivity index (χ4n) is 8.77. The molecule has 3 heterocycles. The van der Waals surface area contributed by atoms with Crippen molar-refractivity contribution >= 4 is 43.6 Å². The van der Waals surface area contributed by atoms with Gasteiger partial charge in [-0.2, -0.15) is 34.2 Å². The van der Waals surface area contributed by atoms with Crippen molar-refractivity contribution in [3.63, 3.8) is 0 Å². The molecule has 0 amide bonds. The number of nitriles is 4. The lowest BCUT2D eigenvalue weighted by atomic mass is 9.97. The Bertz CT molecular complexity index is 3750. The van der Waals surface area contributed by atoms with Gasteiger partial charge in [0, 0.05) is 27.1 Å². The van der Waals surface area contributed by atoms with E-state index < -0.39 is 11.7 Å². The van der Waals surface area contributed by atoms with Gasteiger partial charge in [0.25, 0.3) is 0 Å². The number of fused-ring (bicyclic) bond motifs is 6. The van der Waals surface area contributed by atoms with Gasteiger partial charge in [-0.1, -0.05) is 66.7 Å². The van der Waals surface area contributed by atoms with Crippen LogP contribution >= 0.6 is 0 Å². The van der Waals surface area contributed by atoms with Gasteiger partial charge in [0.2, 0.25) is 0 Å². The quantitative estimate of drug-likeness (QED) is 0.171. The summed E-state index contributed by atoms with van der Waals surface area (Å²) in [5.41, 5.74) is 8.68.